The number of nitrogens with zero attached hydrogens (tertiary/aromatic N) is 4. The van der Waals surface area contributed by atoms with Gasteiger partial charge in [-0.15, -0.1) is 35.0 Å². The monoisotopic (exact) mass is 499 g/mol. The first-order valence-corrected chi connectivity index (χ1v) is 9.90. The van der Waals surface area contributed by atoms with Crippen LogP contribution in [-0.2, 0) is 18.1 Å². The highest BCUT2D eigenvalue weighted by atomic mass is 35.5. The molecule has 1 fully saturated rings. The minimum atomic E-state index is -4.63. The summed E-state index contributed by atoms with van der Waals surface area (Å²) in [7, 11) is 0. The van der Waals surface area contributed by atoms with Crippen LogP contribution < -0.4 is 5.73 Å². The lowest BCUT2D eigenvalue weighted by Crippen LogP contribution is -2.51. The second-order valence-corrected chi connectivity index (χ2v) is 8.16. The van der Waals surface area contributed by atoms with Crippen molar-refractivity contribution in [2.24, 2.45) is 5.73 Å². The van der Waals surface area contributed by atoms with Gasteiger partial charge in [0.1, 0.15) is 0 Å². The van der Waals surface area contributed by atoms with Crippen LogP contribution in [0.15, 0.2) is 24.3 Å². The van der Waals surface area contributed by atoms with Crippen LogP contribution in [0, 0.1) is 0 Å². The molecule has 0 bridgehead atoms. The average Bonchev–Trinajstić information content (AvgIpc) is 3.14. The van der Waals surface area contributed by atoms with Crippen molar-refractivity contribution in [2.45, 2.75) is 49.9 Å². The SMILES string of the molecule is Cl.Cl.NC[C@]1(c2cccc(Cl)c2)CC[C@H](N2CCn3c(nnc3C(F)(F)F)C2=O)CC1. The third kappa shape index (κ3) is 4.65. The summed E-state index contributed by atoms with van der Waals surface area (Å²) >= 11 is 6.15. The van der Waals surface area contributed by atoms with E-state index in [0.29, 0.717) is 11.6 Å². The van der Waals surface area contributed by atoms with E-state index in [1.165, 1.54) is 0 Å². The van der Waals surface area contributed by atoms with E-state index in [-0.39, 0.29) is 55.2 Å². The molecule has 1 saturated carbocycles. The van der Waals surface area contributed by atoms with E-state index in [9.17, 15) is 18.0 Å². The van der Waals surface area contributed by atoms with Crippen LogP contribution in [0.4, 0.5) is 13.2 Å². The van der Waals surface area contributed by atoms with Crippen LogP contribution in [0.5, 0.6) is 0 Å². The topological polar surface area (TPSA) is 77.0 Å². The maximum absolute atomic E-state index is 13.0. The lowest BCUT2D eigenvalue weighted by Gasteiger charge is -2.44. The van der Waals surface area contributed by atoms with Crippen LogP contribution in [0.2, 0.25) is 5.02 Å². The zero-order chi connectivity index (χ0) is 20.8. The van der Waals surface area contributed by atoms with Crippen LogP contribution >= 0.6 is 36.4 Å². The first-order valence-electron chi connectivity index (χ1n) is 9.53. The van der Waals surface area contributed by atoms with Crippen molar-refractivity contribution in [2.75, 3.05) is 13.1 Å². The molecule has 0 unspecified atom stereocenters. The molecule has 4 rings (SSSR count). The molecule has 172 valence electrons. The summed E-state index contributed by atoms with van der Waals surface area (Å²) in [4.78, 5) is 14.4. The quantitative estimate of drug-likeness (QED) is 0.689. The number of amides is 1. The summed E-state index contributed by atoms with van der Waals surface area (Å²) in [5.74, 6) is -1.85. The van der Waals surface area contributed by atoms with E-state index < -0.39 is 17.9 Å². The number of carbonyl (C=O) groups excluding carboxylic acids is 1. The molecule has 0 spiro atoms. The molecular weight excluding hydrogens is 478 g/mol. The number of hydrogen-bond acceptors (Lipinski definition) is 4. The van der Waals surface area contributed by atoms with Crippen molar-refractivity contribution in [3.63, 3.8) is 0 Å². The average molecular weight is 501 g/mol. The van der Waals surface area contributed by atoms with Crippen LogP contribution in [0.25, 0.3) is 0 Å². The molecule has 1 aliphatic heterocycles. The van der Waals surface area contributed by atoms with E-state index in [4.69, 9.17) is 17.3 Å². The van der Waals surface area contributed by atoms with E-state index in [1.54, 1.807) is 4.90 Å². The third-order valence-electron chi connectivity index (χ3n) is 6.20. The highest BCUT2D eigenvalue weighted by Gasteiger charge is 2.44. The lowest BCUT2D eigenvalue weighted by atomic mass is 9.68. The molecule has 2 heterocycles. The van der Waals surface area contributed by atoms with E-state index in [0.717, 1.165) is 35.8 Å². The van der Waals surface area contributed by atoms with Gasteiger partial charge in [-0.25, -0.2) is 0 Å². The fourth-order valence-corrected chi connectivity index (χ4v) is 4.75. The normalized spacial score (nSPS) is 23.6. The molecule has 1 aliphatic carbocycles. The Bertz CT molecular complexity index is 929. The Kier molecular flexibility index (Phi) is 7.90. The van der Waals surface area contributed by atoms with Crippen molar-refractivity contribution in [3.8, 4) is 0 Å². The van der Waals surface area contributed by atoms with Gasteiger partial charge in [-0.1, -0.05) is 23.7 Å². The largest absolute Gasteiger partial charge is 0.451 e. The minimum Gasteiger partial charge on any atom is -0.331 e. The Morgan fingerprint density at radius 2 is 1.84 bits per heavy atom. The van der Waals surface area contributed by atoms with Crippen LogP contribution in [-0.4, -0.2) is 44.7 Å². The highest BCUT2D eigenvalue weighted by molar-refractivity contribution is 6.30. The molecule has 2 N–H and O–H groups in total. The molecule has 0 radical (unpaired) electrons. The number of halogens is 6. The zero-order valence-corrected chi connectivity index (χ0v) is 18.8. The summed E-state index contributed by atoms with van der Waals surface area (Å²) in [5, 5.41) is 7.37. The molecule has 1 aromatic heterocycles. The van der Waals surface area contributed by atoms with E-state index in [1.807, 2.05) is 24.3 Å². The van der Waals surface area contributed by atoms with Gasteiger partial charge in [-0.05, 0) is 43.4 Å². The number of nitrogens with two attached hydrogens (primary N) is 1. The smallest absolute Gasteiger partial charge is 0.331 e. The molecule has 1 amide bonds. The summed E-state index contributed by atoms with van der Waals surface area (Å²) < 4.78 is 40.0. The summed E-state index contributed by atoms with van der Waals surface area (Å²) in [5.41, 5.74) is 7.01. The molecule has 1 aromatic carbocycles. The molecule has 0 saturated heterocycles. The summed E-state index contributed by atoms with van der Waals surface area (Å²) in [6.07, 6.45) is -1.64. The number of hydrogen-bond donors (Lipinski definition) is 1. The number of carbonyl (C=O) groups is 1. The van der Waals surface area contributed by atoms with Gasteiger partial charge < -0.3 is 10.6 Å². The Hall–Kier alpha value is -1.55. The van der Waals surface area contributed by atoms with Crippen LogP contribution in [0.1, 0.15) is 47.7 Å². The molecular formula is C19H23Cl3F3N5O. The van der Waals surface area contributed by atoms with Gasteiger partial charge in [0.05, 0.1) is 0 Å². The fourth-order valence-electron chi connectivity index (χ4n) is 4.56. The zero-order valence-electron chi connectivity index (χ0n) is 16.4. The summed E-state index contributed by atoms with van der Waals surface area (Å²) in [6, 6.07) is 7.62. The Labute approximate surface area is 195 Å². The van der Waals surface area contributed by atoms with Crippen molar-refractivity contribution in [3.05, 3.63) is 46.5 Å². The maximum atomic E-state index is 13.0. The second-order valence-electron chi connectivity index (χ2n) is 7.72. The minimum absolute atomic E-state index is 0. The Morgan fingerprint density at radius 1 is 1.16 bits per heavy atom. The predicted octanol–water partition coefficient (Wildman–Crippen LogP) is 4.09. The second kappa shape index (κ2) is 9.52. The van der Waals surface area contributed by atoms with E-state index in [2.05, 4.69) is 10.2 Å². The van der Waals surface area contributed by atoms with E-state index >= 15 is 0 Å². The van der Waals surface area contributed by atoms with Crippen molar-refractivity contribution in [1.82, 2.24) is 19.7 Å². The predicted molar refractivity (Wildman–Crippen MR) is 115 cm³/mol. The number of benzene rings is 1. The van der Waals surface area contributed by atoms with Crippen molar-refractivity contribution < 1.29 is 18.0 Å². The van der Waals surface area contributed by atoms with Gasteiger partial charge in [-0.2, -0.15) is 13.2 Å². The van der Waals surface area contributed by atoms with Gasteiger partial charge >= 0.3 is 6.18 Å². The van der Waals surface area contributed by atoms with Gasteiger partial charge in [-0.3, -0.25) is 9.36 Å². The first-order chi connectivity index (χ1) is 13.7. The standard InChI is InChI=1S/C19H21ClF3N5O.2ClH/c20-13-3-1-2-12(10-13)18(11-24)6-4-14(5-7-18)27-8-9-28-15(16(27)29)25-26-17(28)19(21,22)23;;/h1-3,10,14H,4-9,11,24H2;2*1H/t14-,18-;;. The first kappa shape index (κ1) is 25.7. The fraction of sp³-hybridized carbons (Fsp3) is 0.526. The Balaban J connectivity index is 0.00000171. The summed E-state index contributed by atoms with van der Waals surface area (Å²) in [6.45, 7) is 0.720. The number of rotatable bonds is 3. The van der Waals surface area contributed by atoms with Gasteiger partial charge in [0, 0.05) is 36.1 Å². The molecule has 2 aromatic rings. The van der Waals surface area contributed by atoms with Gasteiger partial charge in [0.25, 0.3) is 5.91 Å². The highest BCUT2D eigenvalue weighted by Crippen LogP contribution is 2.41. The Morgan fingerprint density at radius 3 is 2.42 bits per heavy atom. The van der Waals surface area contributed by atoms with Crippen molar-refractivity contribution >= 4 is 42.3 Å². The van der Waals surface area contributed by atoms with Crippen LogP contribution in [0.3, 0.4) is 0 Å². The number of fused-ring (bicyclic) bond motifs is 1. The molecule has 0 atom stereocenters. The lowest BCUT2D eigenvalue weighted by molar-refractivity contribution is -0.147. The molecule has 2 aliphatic rings. The molecule has 12 heteroatoms. The molecule has 31 heavy (non-hydrogen) atoms. The number of alkyl halides is 3. The number of aromatic nitrogens is 3. The molecule has 6 nitrogen and oxygen atoms in total. The van der Waals surface area contributed by atoms with Gasteiger partial charge in [0.2, 0.25) is 11.6 Å². The van der Waals surface area contributed by atoms with Crippen molar-refractivity contribution in [1.29, 1.82) is 0 Å². The third-order valence-corrected chi connectivity index (χ3v) is 6.44. The maximum Gasteiger partial charge on any atom is 0.451 e. The van der Waals surface area contributed by atoms with Gasteiger partial charge in [0.15, 0.2) is 0 Å².